The van der Waals surface area contributed by atoms with E-state index in [4.69, 9.17) is 0 Å². The molecule has 0 aliphatic heterocycles. The van der Waals surface area contributed by atoms with Crippen molar-refractivity contribution in [3.8, 4) is 0 Å². The summed E-state index contributed by atoms with van der Waals surface area (Å²) in [6.45, 7) is 4.31. The first kappa shape index (κ1) is 18.7. The number of hydrogen-bond acceptors (Lipinski definition) is 3. The van der Waals surface area contributed by atoms with Crippen molar-refractivity contribution in [1.29, 1.82) is 0 Å². The molecule has 134 valence electrons. The molecule has 25 heavy (non-hydrogen) atoms. The highest BCUT2D eigenvalue weighted by atomic mass is 16.2. The third-order valence-corrected chi connectivity index (χ3v) is 4.38. The Bertz CT molecular complexity index is 765. The van der Waals surface area contributed by atoms with Crippen LogP contribution < -0.4 is 10.6 Å². The molecular formula is C19H26N4O2. The first-order valence-electron chi connectivity index (χ1n) is 8.23. The van der Waals surface area contributed by atoms with Crippen LogP contribution in [0.5, 0.6) is 0 Å². The molecule has 2 amide bonds. The number of nitrogens with one attached hydrogen (secondary N) is 2. The van der Waals surface area contributed by atoms with Crippen LogP contribution in [0.25, 0.3) is 0 Å². The minimum Gasteiger partial charge on any atom is -0.353 e. The molecule has 2 rings (SSSR count). The minimum atomic E-state index is -0.660. The first-order chi connectivity index (χ1) is 11.8. The molecule has 6 nitrogen and oxygen atoms in total. The van der Waals surface area contributed by atoms with Gasteiger partial charge in [0.05, 0.1) is 6.04 Å². The molecule has 2 N–H and O–H groups in total. The number of carbonyl (C=O) groups excluding carboxylic acids is 2. The highest BCUT2D eigenvalue weighted by Gasteiger charge is 2.20. The summed E-state index contributed by atoms with van der Waals surface area (Å²) < 4.78 is 2.01. The zero-order chi connectivity index (χ0) is 18.6. The second-order valence-corrected chi connectivity index (χ2v) is 6.49. The van der Waals surface area contributed by atoms with Crippen LogP contribution in [0.15, 0.2) is 36.5 Å². The average Bonchev–Trinajstić information content (AvgIpc) is 2.96. The van der Waals surface area contributed by atoms with Gasteiger partial charge in [0.15, 0.2) is 0 Å². The van der Waals surface area contributed by atoms with Crippen LogP contribution in [0.1, 0.15) is 22.9 Å². The van der Waals surface area contributed by atoms with E-state index in [1.165, 1.54) is 0 Å². The fourth-order valence-corrected chi connectivity index (χ4v) is 2.65. The molecule has 1 heterocycles. The van der Waals surface area contributed by atoms with Crippen molar-refractivity contribution in [3.05, 3.63) is 53.3 Å². The van der Waals surface area contributed by atoms with Crippen LogP contribution in [-0.4, -0.2) is 41.9 Å². The number of aryl methyl sites for hydroxylation is 3. The Morgan fingerprint density at radius 2 is 1.84 bits per heavy atom. The van der Waals surface area contributed by atoms with Crippen LogP contribution in [0.3, 0.4) is 0 Å². The first-order valence-corrected chi connectivity index (χ1v) is 8.23. The number of nitrogens with zero attached hydrogens (tertiary/aromatic N) is 2. The van der Waals surface area contributed by atoms with Gasteiger partial charge in [-0.1, -0.05) is 6.07 Å². The second-order valence-electron chi connectivity index (χ2n) is 6.49. The largest absolute Gasteiger partial charge is 0.353 e. The standard InChI is InChI=1S/C19H26N4O2/c1-13-8-9-15(11-14(13)2)21-19(25)18(24)20-12-17(22(3)4)16-7-6-10-23(16)5/h6-11,17H,12H2,1-5H3,(H,20,24)(H,21,25)/t17-/m1/s1. The lowest BCUT2D eigenvalue weighted by Crippen LogP contribution is -2.40. The lowest BCUT2D eigenvalue weighted by atomic mass is 10.1. The van der Waals surface area contributed by atoms with E-state index >= 15 is 0 Å². The van der Waals surface area contributed by atoms with Gasteiger partial charge in [-0.25, -0.2) is 0 Å². The van der Waals surface area contributed by atoms with E-state index in [1.54, 1.807) is 6.07 Å². The lowest BCUT2D eigenvalue weighted by molar-refractivity contribution is -0.136. The maximum atomic E-state index is 12.1. The Balaban J connectivity index is 1.97. The fraction of sp³-hybridized carbons (Fsp3) is 0.368. The zero-order valence-corrected chi connectivity index (χ0v) is 15.5. The van der Waals surface area contributed by atoms with Gasteiger partial charge in [-0.2, -0.15) is 0 Å². The van der Waals surface area contributed by atoms with Crippen molar-refractivity contribution in [3.63, 3.8) is 0 Å². The Hall–Kier alpha value is -2.60. The molecule has 0 aliphatic rings. The quantitative estimate of drug-likeness (QED) is 0.817. The van der Waals surface area contributed by atoms with Crippen molar-refractivity contribution in [2.24, 2.45) is 7.05 Å². The zero-order valence-electron chi connectivity index (χ0n) is 15.5. The molecule has 2 aromatic rings. The van der Waals surface area contributed by atoms with Crippen molar-refractivity contribution in [2.45, 2.75) is 19.9 Å². The minimum absolute atomic E-state index is 0.0154. The number of benzene rings is 1. The number of aromatic nitrogens is 1. The SMILES string of the molecule is Cc1ccc(NC(=O)C(=O)NC[C@H](c2cccn2C)N(C)C)cc1C. The third-order valence-electron chi connectivity index (χ3n) is 4.38. The van der Waals surface area contributed by atoms with E-state index in [0.717, 1.165) is 16.8 Å². The van der Waals surface area contributed by atoms with Crippen LogP contribution >= 0.6 is 0 Å². The number of anilines is 1. The molecular weight excluding hydrogens is 316 g/mol. The summed E-state index contributed by atoms with van der Waals surface area (Å²) in [6, 6.07) is 9.51. The number of rotatable bonds is 5. The Kier molecular flexibility index (Phi) is 5.98. The molecule has 0 unspecified atom stereocenters. The third kappa shape index (κ3) is 4.70. The molecule has 1 atom stereocenters. The van der Waals surface area contributed by atoms with E-state index in [-0.39, 0.29) is 6.04 Å². The van der Waals surface area contributed by atoms with E-state index in [0.29, 0.717) is 12.2 Å². The second kappa shape index (κ2) is 7.98. The summed E-state index contributed by atoms with van der Waals surface area (Å²) in [7, 11) is 5.85. The van der Waals surface area contributed by atoms with Crippen molar-refractivity contribution in [2.75, 3.05) is 26.0 Å². The number of hydrogen-bond donors (Lipinski definition) is 2. The summed E-state index contributed by atoms with van der Waals surface area (Å²) in [6.07, 6.45) is 1.96. The molecule has 0 spiro atoms. The van der Waals surface area contributed by atoms with Crippen molar-refractivity contribution >= 4 is 17.5 Å². The molecule has 1 aromatic heterocycles. The van der Waals surface area contributed by atoms with Gasteiger partial charge in [-0.3, -0.25) is 14.5 Å². The summed E-state index contributed by atoms with van der Waals surface area (Å²) >= 11 is 0. The van der Waals surface area contributed by atoms with Gasteiger partial charge in [-0.05, 0) is 63.3 Å². The van der Waals surface area contributed by atoms with Gasteiger partial charge in [-0.15, -0.1) is 0 Å². The molecule has 0 aliphatic carbocycles. The van der Waals surface area contributed by atoms with Gasteiger partial charge < -0.3 is 15.2 Å². The predicted octanol–water partition coefficient (Wildman–Crippen LogP) is 2.00. The maximum absolute atomic E-state index is 12.1. The van der Waals surface area contributed by atoms with Crippen LogP contribution in [0.2, 0.25) is 0 Å². The summed E-state index contributed by atoms with van der Waals surface area (Å²) in [5, 5.41) is 5.36. The molecule has 6 heteroatoms. The van der Waals surface area contributed by atoms with Gasteiger partial charge in [0.25, 0.3) is 0 Å². The Labute approximate surface area is 148 Å². The van der Waals surface area contributed by atoms with E-state index in [9.17, 15) is 9.59 Å². The summed E-state index contributed by atoms with van der Waals surface area (Å²) in [5.41, 5.74) is 3.89. The van der Waals surface area contributed by atoms with E-state index in [2.05, 4.69) is 10.6 Å². The monoisotopic (exact) mass is 342 g/mol. The maximum Gasteiger partial charge on any atom is 0.313 e. The highest BCUT2D eigenvalue weighted by Crippen LogP contribution is 2.17. The van der Waals surface area contributed by atoms with Crippen LogP contribution in [0.4, 0.5) is 5.69 Å². The van der Waals surface area contributed by atoms with Crippen LogP contribution in [0, 0.1) is 13.8 Å². The fourth-order valence-electron chi connectivity index (χ4n) is 2.65. The normalized spacial score (nSPS) is 12.1. The molecule has 0 saturated heterocycles. The van der Waals surface area contributed by atoms with Gasteiger partial charge in [0.1, 0.15) is 0 Å². The predicted molar refractivity (Wildman–Crippen MR) is 99.4 cm³/mol. The number of carbonyl (C=O) groups is 2. The molecule has 1 aromatic carbocycles. The molecule has 0 bridgehead atoms. The summed E-state index contributed by atoms with van der Waals surface area (Å²) in [5.74, 6) is -1.30. The van der Waals surface area contributed by atoms with Crippen molar-refractivity contribution < 1.29 is 9.59 Å². The topological polar surface area (TPSA) is 66.4 Å². The van der Waals surface area contributed by atoms with Gasteiger partial charge in [0.2, 0.25) is 0 Å². The molecule has 0 radical (unpaired) electrons. The number of amides is 2. The van der Waals surface area contributed by atoms with Crippen molar-refractivity contribution in [1.82, 2.24) is 14.8 Å². The van der Waals surface area contributed by atoms with Gasteiger partial charge in [0, 0.05) is 31.2 Å². The Morgan fingerprint density at radius 3 is 2.40 bits per heavy atom. The lowest BCUT2D eigenvalue weighted by Gasteiger charge is -2.25. The average molecular weight is 342 g/mol. The number of likely N-dealkylation sites (N-methyl/N-ethyl adjacent to an activating group) is 1. The van der Waals surface area contributed by atoms with E-state index < -0.39 is 11.8 Å². The Morgan fingerprint density at radius 1 is 1.12 bits per heavy atom. The van der Waals surface area contributed by atoms with Crippen LogP contribution in [-0.2, 0) is 16.6 Å². The molecule has 0 fully saturated rings. The highest BCUT2D eigenvalue weighted by molar-refractivity contribution is 6.39. The molecule has 0 saturated carbocycles. The smallest absolute Gasteiger partial charge is 0.313 e. The summed E-state index contributed by atoms with van der Waals surface area (Å²) in [4.78, 5) is 26.2. The van der Waals surface area contributed by atoms with E-state index in [1.807, 2.05) is 74.9 Å². The van der Waals surface area contributed by atoms with Gasteiger partial charge >= 0.3 is 11.8 Å².